The summed E-state index contributed by atoms with van der Waals surface area (Å²) in [6.07, 6.45) is 0. The van der Waals surface area contributed by atoms with Gasteiger partial charge >= 0.3 is 0 Å². The maximum absolute atomic E-state index is 11.7. The molecule has 0 bridgehead atoms. The van der Waals surface area contributed by atoms with E-state index < -0.39 is 10.8 Å². The van der Waals surface area contributed by atoms with Crippen LogP contribution >= 0.6 is 12.4 Å². The summed E-state index contributed by atoms with van der Waals surface area (Å²) in [7, 11) is -0.925. The molecule has 1 fully saturated rings. The molecule has 2 unspecified atom stereocenters. The molecule has 18 heavy (non-hydrogen) atoms. The lowest BCUT2D eigenvalue weighted by molar-refractivity contribution is -0.125. The van der Waals surface area contributed by atoms with Gasteiger partial charge in [-0.15, -0.1) is 12.4 Å². The number of halogens is 1. The van der Waals surface area contributed by atoms with Gasteiger partial charge < -0.3 is 15.4 Å². The van der Waals surface area contributed by atoms with Gasteiger partial charge in [-0.25, -0.2) is 0 Å². The summed E-state index contributed by atoms with van der Waals surface area (Å²) in [4.78, 5) is 11.7. The van der Waals surface area contributed by atoms with Crippen LogP contribution in [0.15, 0.2) is 0 Å². The number of hydrogen-bond donors (Lipinski definition) is 2. The molecule has 1 rings (SSSR count). The summed E-state index contributed by atoms with van der Waals surface area (Å²) in [5.41, 5.74) is 0. The standard InChI is InChI=1S/C11H22N2O3S.ClH/c1-11(2,3)17(15)7-5-13-10(14)9-8-16-6-4-12-9;/h9,12H,4-8H2,1-3H3,(H,13,14);1H. The largest absolute Gasteiger partial charge is 0.378 e. The van der Waals surface area contributed by atoms with E-state index in [1.54, 1.807) is 0 Å². The normalized spacial score (nSPS) is 21.8. The molecule has 0 aromatic heterocycles. The minimum absolute atomic E-state index is 0. The van der Waals surface area contributed by atoms with E-state index in [0.717, 1.165) is 0 Å². The van der Waals surface area contributed by atoms with Crippen LogP contribution < -0.4 is 10.6 Å². The SMILES string of the molecule is CC(C)(C)S(=O)CCNC(=O)C1COCCN1.Cl. The maximum Gasteiger partial charge on any atom is 0.239 e. The summed E-state index contributed by atoms with van der Waals surface area (Å²) in [6, 6.07) is -0.271. The van der Waals surface area contributed by atoms with Crippen LogP contribution in [-0.2, 0) is 20.3 Å². The first kappa shape index (κ1) is 17.8. The van der Waals surface area contributed by atoms with Crippen LogP contribution in [0.3, 0.4) is 0 Å². The molecule has 7 heteroatoms. The van der Waals surface area contributed by atoms with Crippen LogP contribution in [0.2, 0.25) is 0 Å². The Balaban J connectivity index is 0.00000289. The molecule has 0 aromatic rings. The van der Waals surface area contributed by atoms with Crippen LogP contribution in [-0.4, -0.2) is 53.0 Å². The zero-order chi connectivity index (χ0) is 12.9. The number of amides is 1. The number of rotatable bonds is 4. The van der Waals surface area contributed by atoms with Crippen molar-refractivity contribution in [2.75, 3.05) is 32.1 Å². The second kappa shape index (κ2) is 8.09. The number of morpholine rings is 1. The molecule has 0 spiro atoms. The summed E-state index contributed by atoms with van der Waals surface area (Å²) in [6.45, 7) is 8.00. The van der Waals surface area contributed by atoms with Crippen molar-refractivity contribution in [1.29, 1.82) is 0 Å². The first-order chi connectivity index (χ1) is 7.91. The van der Waals surface area contributed by atoms with Crippen LogP contribution in [0.25, 0.3) is 0 Å². The lowest BCUT2D eigenvalue weighted by Crippen LogP contribution is -2.51. The molecule has 5 nitrogen and oxygen atoms in total. The molecule has 2 N–H and O–H groups in total. The van der Waals surface area contributed by atoms with Gasteiger partial charge in [-0.3, -0.25) is 9.00 Å². The molecule has 0 aliphatic carbocycles. The quantitative estimate of drug-likeness (QED) is 0.770. The highest BCUT2D eigenvalue weighted by Crippen LogP contribution is 2.10. The number of hydrogen-bond acceptors (Lipinski definition) is 4. The highest BCUT2D eigenvalue weighted by molar-refractivity contribution is 7.86. The maximum atomic E-state index is 11.7. The van der Waals surface area contributed by atoms with E-state index in [-0.39, 0.29) is 29.1 Å². The topological polar surface area (TPSA) is 67.4 Å². The number of carbonyl (C=O) groups excluding carboxylic acids is 1. The third-order valence-corrected chi connectivity index (χ3v) is 4.45. The fourth-order valence-corrected chi connectivity index (χ4v) is 2.33. The lowest BCUT2D eigenvalue weighted by Gasteiger charge is -2.23. The Morgan fingerprint density at radius 3 is 2.67 bits per heavy atom. The van der Waals surface area contributed by atoms with Crippen molar-refractivity contribution in [2.45, 2.75) is 31.6 Å². The lowest BCUT2D eigenvalue weighted by atomic mass is 10.2. The highest BCUT2D eigenvalue weighted by atomic mass is 35.5. The van der Waals surface area contributed by atoms with Crippen molar-refractivity contribution in [2.24, 2.45) is 0 Å². The van der Waals surface area contributed by atoms with Crippen molar-refractivity contribution in [3.63, 3.8) is 0 Å². The minimum Gasteiger partial charge on any atom is -0.378 e. The predicted molar refractivity (Wildman–Crippen MR) is 75.6 cm³/mol. The molecule has 0 aromatic carbocycles. The Morgan fingerprint density at radius 2 is 2.17 bits per heavy atom. The fourth-order valence-electron chi connectivity index (χ4n) is 1.43. The monoisotopic (exact) mass is 298 g/mol. The van der Waals surface area contributed by atoms with Gasteiger partial charge in [-0.1, -0.05) is 0 Å². The van der Waals surface area contributed by atoms with Gasteiger partial charge in [0, 0.05) is 34.4 Å². The molecule has 108 valence electrons. The highest BCUT2D eigenvalue weighted by Gasteiger charge is 2.22. The Hall–Kier alpha value is -0.170. The number of nitrogens with one attached hydrogen (secondary N) is 2. The van der Waals surface area contributed by atoms with E-state index in [4.69, 9.17) is 4.74 Å². The molecule has 1 heterocycles. The van der Waals surface area contributed by atoms with E-state index in [0.29, 0.717) is 32.1 Å². The molecule has 0 saturated carbocycles. The second-order valence-corrected chi connectivity index (χ2v) is 7.36. The third-order valence-electron chi connectivity index (χ3n) is 2.51. The van der Waals surface area contributed by atoms with Gasteiger partial charge in [-0.2, -0.15) is 0 Å². The van der Waals surface area contributed by atoms with E-state index in [2.05, 4.69) is 10.6 Å². The third kappa shape index (κ3) is 6.13. The molecular weight excluding hydrogens is 276 g/mol. The van der Waals surface area contributed by atoms with Crippen LogP contribution in [0.1, 0.15) is 20.8 Å². The van der Waals surface area contributed by atoms with Crippen molar-refractivity contribution in [1.82, 2.24) is 10.6 Å². The molecule has 1 aliphatic heterocycles. The summed E-state index contributed by atoms with van der Waals surface area (Å²) >= 11 is 0. The average Bonchev–Trinajstić information content (AvgIpc) is 2.28. The van der Waals surface area contributed by atoms with Crippen LogP contribution in [0.5, 0.6) is 0 Å². The fraction of sp³-hybridized carbons (Fsp3) is 0.909. The van der Waals surface area contributed by atoms with E-state index in [1.807, 2.05) is 20.8 Å². The zero-order valence-corrected chi connectivity index (χ0v) is 12.8. The van der Waals surface area contributed by atoms with Crippen LogP contribution in [0.4, 0.5) is 0 Å². The second-order valence-electron chi connectivity index (χ2n) is 5.03. The smallest absolute Gasteiger partial charge is 0.239 e. The molecule has 2 atom stereocenters. The van der Waals surface area contributed by atoms with Crippen molar-refractivity contribution >= 4 is 29.1 Å². The van der Waals surface area contributed by atoms with Crippen molar-refractivity contribution in [3.8, 4) is 0 Å². The Bertz CT molecular complexity index is 289. The average molecular weight is 299 g/mol. The first-order valence-corrected chi connectivity index (χ1v) is 7.20. The van der Waals surface area contributed by atoms with Crippen molar-refractivity contribution in [3.05, 3.63) is 0 Å². The Labute approximate surface area is 117 Å². The van der Waals surface area contributed by atoms with Gasteiger partial charge in [0.25, 0.3) is 0 Å². The van der Waals surface area contributed by atoms with E-state index in [1.165, 1.54) is 0 Å². The van der Waals surface area contributed by atoms with Crippen LogP contribution in [0, 0.1) is 0 Å². The summed E-state index contributed by atoms with van der Waals surface area (Å²) in [5, 5.41) is 5.86. The molecule has 1 saturated heterocycles. The van der Waals surface area contributed by atoms with Gasteiger partial charge in [0.05, 0.1) is 13.2 Å². The van der Waals surface area contributed by atoms with E-state index in [9.17, 15) is 9.00 Å². The number of ether oxygens (including phenoxy) is 1. The Morgan fingerprint density at radius 1 is 1.50 bits per heavy atom. The predicted octanol–water partition coefficient (Wildman–Crippen LogP) is 0.0600. The molecular formula is C11H23ClN2O3S. The Kier molecular flexibility index (Phi) is 8.02. The van der Waals surface area contributed by atoms with Gasteiger partial charge in [0.2, 0.25) is 5.91 Å². The van der Waals surface area contributed by atoms with Crippen molar-refractivity contribution < 1.29 is 13.7 Å². The molecule has 1 aliphatic rings. The van der Waals surface area contributed by atoms with Gasteiger partial charge in [0.15, 0.2) is 0 Å². The van der Waals surface area contributed by atoms with Gasteiger partial charge in [0.1, 0.15) is 6.04 Å². The first-order valence-electron chi connectivity index (χ1n) is 5.88. The van der Waals surface area contributed by atoms with E-state index >= 15 is 0 Å². The number of carbonyl (C=O) groups is 1. The molecule has 1 amide bonds. The molecule has 0 radical (unpaired) electrons. The summed E-state index contributed by atoms with van der Waals surface area (Å²) < 4.78 is 16.7. The van der Waals surface area contributed by atoms with Gasteiger partial charge in [-0.05, 0) is 20.8 Å². The summed E-state index contributed by atoms with van der Waals surface area (Å²) in [5.74, 6) is 0.415. The zero-order valence-electron chi connectivity index (χ0n) is 11.2. The minimum atomic E-state index is -0.925.